The first kappa shape index (κ1) is 22.4. The van der Waals surface area contributed by atoms with Gasteiger partial charge in [-0.3, -0.25) is 9.78 Å². The molecule has 174 valence electrons. The maximum absolute atomic E-state index is 12.8. The molecule has 1 N–H and O–H groups in total. The predicted octanol–water partition coefficient (Wildman–Crippen LogP) is 7.32. The number of ether oxygens (including phenoxy) is 1. The summed E-state index contributed by atoms with van der Waals surface area (Å²) in [5.41, 5.74) is 8.50. The number of carbonyl (C=O) groups is 1. The van der Waals surface area contributed by atoms with Crippen molar-refractivity contribution in [3.05, 3.63) is 95.9 Å². The molecule has 5 heteroatoms. The standard InChI is InChI=1S/C30H26N2O3/c1-18-7-9-23(19(2)12-18)26-17-35-29-16-28(34-4)24(15-25(26)29)20(3)13-30(33)32-22-8-10-27-21(14-22)6-5-11-31-27/h5-17H,1-4H3,(H,32,33)/b20-13+. The van der Waals surface area contributed by atoms with Crippen molar-refractivity contribution in [2.24, 2.45) is 0 Å². The van der Waals surface area contributed by atoms with Crippen LogP contribution in [-0.4, -0.2) is 18.0 Å². The number of benzene rings is 3. The van der Waals surface area contributed by atoms with Crippen LogP contribution >= 0.6 is 0 Å². The first-order valence-corrected chi connectivity index (χ1v) is 11.4. The average molecular weight is 463 g/mol. The van der Waals surface area contributed by atoms with Crippen molar-refractivity contribution in [1.29, 1.82) is 0 Å². The number of rotatable bonds is 5. The normalized spacial score (nSPS) is 11.7. The van der Waals surface area contributed by atoms with E-state index in [9.17, 15) is 4.79 Å². The number of pyridine rings is 1. The highest BCUT2D eigenvalue weighted by atomic mass is 16.5. The minimum absolute atomic E-state index is 0.213. The van der Waals surface area contributed by atoms with Crippen LogP contribution in [0.1, 0.15) is 23.6 Å². The number of amides is 1. The van der Waals surface area contributed by atoms with Gasteiger partial charge >= 0.3 is 0 Å². The summed E-state index contributed by atoms with van der Waals surface area (Å²) in [4.78, 5) is 17.2. The molecule has 5 nitrogen and oxygen atoms in total. The lowest BCUT2D eigenvalue weighted by atomic mass is 9.96. The molecule has 0 radical (unpaired) electrons. The number of hydrogen-bond acceptors (Lipinski definition) is 4. The third kappa shape index (κ3) is 4.41. The summed E-state index contributed by atoms with van der Waals surface area (Å²) < 4.78 is 11.5. The topological polar surface area (TPSA) is 64.4 Å². The van der Waals surface area contributed by atoms with Crippen LogP contribution in [-0.2, 0) is 4.79 Å². The number of aryl methyl sites for hydroxylation is 2. The number of fused-ring (bicyclic) bond motifs is 2. The number of furan rings is 1. The Morgan fingerprint density at radius 2 is 1.89 bits per heavy atom. The summed E-state index contributed by atoms with van der Waals surface area (Å²) >= 11 is 0. The molecule has 0 unspecified atom stereocenters. The highest BCUT2D eigenvalue weighted by Gasteiger charge is 2.16. The summed E-state index contributed by atoms with van der Waals surface area (Å²) in [6.07, 6.45) is 5.13. The number of methoxy groups -OCH3 is 1. The number of nitrogens with one attached hydrogen (secondary N) is 1. The van der Waals surface area contributed by atoms with Gasteiger partial charge in [0.2, 0.25) is 5.91 Å². The second-order valence-electron chi connectivity index (χ2n) is 8.74. The number of nitrogens with zero attached hydrogens (tertiary/aromatic N) is 1. The Bertz CT molecular complexity index is 1610. The SMILES string of the molecule is COc1cc2occ(-c3ccc(C)cc3C)c2cc1/C(C)=C/C(=O)Nc1ccc2ncccc2c1. The first-order valence-electron chi connectivity index (χ1n) is 11.4. The lowest BCUT2D eigenvalue weighted by Gasteiger charge is -2.11. The molecule has 5 rings (SSSR count). The molecule has 3 aromatic carbocycles. The summed E-state index contributed by atoms with van der Waals surface area (Å²) in [7, 11) is 1.62. The van der Waals surface area contributed by atoms with Gasteiger partial charge < -0.3 is 14.5 Å². The molecule has 0 fully saturated rings. The minimum atomic E-state index is -0.213. The summed E-state index contributed by atoms with van der Waals surface area (Å²) in [6.45, 7) is 6.09. The van der Waals surface area contributed by atoms with E-state index in [1.807, 2.05) is 49.4 Å². The highest BCUT2D eigenvalue weighted by molar-refractivity contribution is 6.06. The number of carbonyl (C=O) groups excluding carboxylic acids is 1. The van der Waals surface area contributed by atoms with Crippen LogP contribution in [0, 0.1) is 13.8 Å². The molecule has 0 aliphatic carbocycles. The lowest BCUT2D eigenvalue weighted by Crippen LogP contribution is -2.08. The van der Waals surface area contributed by atoms with Crippen molar-refractivity contribution in [2.45, 2.75) is 20.8 Å². The van der Waals surface area contributed by atoms with Gasteiger partial charge in [-0.15, -0.1) is 0 Å². The van der Waals surface area contributed by atoms with E-state index in [-0.39, 0.29) is 5.91 Å². The van der Waals surface area contributed by atoms with E-state index in [4.69, 9.17) is 9.15 Å². The molecule has 35 heavy (non-hydrogen) atoms. The Kier molecular flexibility index (Phi) is 5.83. The molecule has 0 saturated carbocycles. The largest absolute Gasteiger partial charge is 0.496 e. The molecule has 1 amide bonds. The van der Waals surface area contributed by atoms with E-state index in [0.29, 0.717) is 11.4 Å². The quantitative estimate of drug-likeness (QED) is 0.278. The average Bonchev–Trinajstić information content (AvgIpc) is 3.25. The van der Waals surface area contributed by atoms with Gasteiger partial charge in [0.25, 0.3) is 0 Å². The van der Waals surface area contributed by atoms with E-state index in [1.165, 1.54) is 11.1 Å². The van der Waals surface area contributed by atoms with E-state index >= 15 is 0 Å². The molecule has 0 saturated heterocycles. The van der Waals surface area contributed by atoms with Crippen LogP contribution in [0.5, 0.6) is 5.75 Å². The molecule has 0 spiro atoms. The summed E-state index contributed by atoms with van der Waals surface area (Å²) in [5.74, 6) is 0.437. The van der Waals surface area contributed by atoms with Crippen molar-refractivity contribution >= 4 is 39.0 Å². The Labute approximate surface area is 204 Å². The first-order chi connectivity index (χ1) is 16.9. The van der Waals surface area contributed by atoms with Gasteiger partial charge in [0, 0.05) is 45.9 Å². The predicted molar refractivity (Wildman–Crippen MR) is 142 cm³/mol. The van der Waals surface area contributed by atoms with E-state index in [1.54, 1.807) is 25.6 Å². The van der Waals surface area contributed by atoms with Crippen LogP contribution < -0.4 is 10.1 Å². The van der Waals surface area contributed by atoms with Gasteiger partial charge in [-0.05, 0) is 67.8 Å². The van der Waals surface area contributed by atoms with Gasteiger partial charge in [-0.2, -0.15) is 0 Å². The van der Waals surface area contributed by atoms with Crippen LogP contribution in [0.15, 0.2) is 83.6 Å². The van der Waals surface area contributed by atoms with Gasteiger partial charge in [0.05, 0.1) is 18.9 Å². The van der Waals surface area contributed by atoms with Gasteiger partial charge in [-0.1, -0.05) is 29.8 Å². The monoisotopic (exact) mass is 462 g/mol. The maximum Gasteiger partial charge on any atom is 0.248 e. The maximum atomic E-state index is 12.8. The van der Waals surface area contributed by atoms with Crippen LogP contribution in [0.4, 0.5) is 5.69 Å². The number of hydrogen-bond donors (Lipinski definition) is 1. The molecule has 2 aromatic heterocycles. The number of anilines is 1. The van der Waals surface area contributed by atoms with E-state index < -0.39 is 0 Å². The Morgan fingerprint density at radius 1 is 1.03 bits per heavy atom. The third-order valence-electron chi connectivity index (χ3n) is 6.21. The van der Waals surface area contributed by atoms with E-state index in [2.05, 4.69) is 42.3 Å². The molecule has 0 atom stereocenters. The summed E-state index contributed by atoms with van der Waals surface area (Å²) in [5, 5.41) is 4.90. The molecular weight excluding hydrogens is 436 g/mol. The smallest absolute Gasteiger partial charge is 0.248 e. The van der Waals surface area contributed by atoms with Gasteiger partial charge in [-0.25, -0.2) is 0 Å². The van der Waals surface area contributed by atoms with Crippen molar-refractivity contribution in [2.75, 3.05) is 12.4 Å². The van der Waals surface area contributed by atoms with Crippen molar-refractivity contribution in [3.63, 3.8) is 0 Å². The zero-order valence-electron chi connectivity index (χ0n) is 20.2. The third-order valence-corrected chi connectivity index (χ3v) is 6.21. The lowest BCUT2D eigenvalue weighted by molar-refractivity contribution is -0.111. The fourth-order valence-electron chi connectivity index (χ4n) is 4.46. The van der Waals surface area contributed by atoms with Crippen LogP contribution in [0.3, 0.4) is 0 Å². The van der Waals surface area contributed by atoms with Gasteiger partial charge in [0.15, 0.2) is 0 Å². The molecule has 0 bridgehead atoms. The molecule has 5 aromatic rings. The highest BCUT2D eigenvalue weighted by Crippen LogP contribution is 2.38. The number of aromatic nitrogens is 1. The molecule has 0 aliphatic rings. The second-order valence-corrected chi connectivity index (χ2v) is 8.74. The zero-order chi connectivity index (χ0) is 24.5. The van der Waals surface area contributed by atoms with E-state index in [0.717, 1.165) is 44.1 Å². The summed E-state index contributed by atoms with van der Waals surface area (Å²) in [6, 6.07) is 19.8. The number of allylic oxidation sites excluding steroid dienone is 1. The van der Waals surface area contributed by atoms with Crippen LogP contribution in [0.25, 0.3) is 38.6 Å². The molecule has 2 heterocycles. The van der Waals surface area contributed by atoms with Crippen LogP contribution in [0.2, 0.25) is 0 Å². The van der Waals surface area contributed by atoms with Crippen molar-refractivity contribution in [1.82, 2.24) is 4.98 Å². The fraction of sp³-hybridized carbons (Fsp3) is 0.133. The zero-order valence-corrected chi connectivity index (χ0v) is 20.2. The Hall–Kier alpha value is -4.38. The fourth-order valence-corrected chi connectivity index (χ4v) is 4.46. The van der Waals surface area contributed by atoms with Crippen molar-refractivity contribution < 1.29 is 13.9 Å². The molecular formula is C30H26N2O3. The molecule has 0 aliphatic heterocycles. The second kappa shape index (κ2) is 9.11. The van der Waals surface area contributed by atoms with Gasteiger partial charge in [0.1, 0.15) is 11.3 Å². The van der Waals surface area contributed by atoms with Crippen molar-refractivity contribution in [3.8, 4) is 16.9 Å². The minimum Gasteiger partial charge on any atom is -0.496 e. The Morgan fingerprint density at radius 3 is 2.69 bits per heavy atom. The Balaban J connectivity index is 1.49.